The van der Waals surface area contributed by atoms with Crippen LogP contribution in [0.25, 0.3) is 22.0 Å². The summed E-state index contributed by atoms with van der Waals surface area (Å²) >= 11 is 0. The van der Waals surface area contributed by atoms with Crippen molar-refractivity contribution in [2.45, 2.75) is 64.3 Å². The van der Waals surface area contributed by atoms with E-state index in [-0.39, 0.29) is 22.1 Å². The van der Waals surface area contributed by atoms with Crippen LogP contribution in [-0.2, 0) is 16.6 Å². The number of alkyl halides is 4. The topological polar surface area (TPSA) is 51.1 Å². The average molecular weight is 515 g/mol. The van der Waals surface area contributed by atoms with E-state index >= 15 is 0 Å². The third kappa shape index (κ3) is 5.38. The lowest BCUT2D eigenvalue weighted by molar-refractivity contribution is 0.109. The van der Waals surface area contributed by atoms with Gasteiger partial charge in [0.1, 0.15) is 11.9 Å². The van der Waals surface area contributed by atoms with Crippen molar-refractivity contribution in [3.63, 3.8) is 0 Å². The molecule has 1 fully saturated rings. The second kappa shape index (κ2) is 9.20. The molecule has 10 heteroatoms. The molecular formula is C25H27F5N2O2S. The van der Waals surface area contributed by atoms with Gasteiger partial charge in [-0.2, -0.15) is 0 Å². The van der Waals surface area contributed by atoms with Gasteiger partial charge in [0.05, 0.1) is 5.25 Å². The first kappa shape index (κ1) is 25.6. The lowest BCUT2D eigenvalue weighted by Crippen LogP contribution is -2.35. The Morgan fingerprint density at radius 2 is 1.74 bits per heavy atom. The molecule has 2 aromatic carbocycles. The number of nitrogens with zero attached hydrogens (tertiary/aromatic N) is 1. The summed E-state index contributed by atoms with van der Waals surface area (Å²) in [6.07, 6.45) is -3.60. The highest BCUT2D eigenvalue weighted by Crippen LogP contribution is 2.39. The quantitative estimate of drug-likeness (QED) is 0.336. The Morgan fingerprint density at radius 3 is 2.31 bits per heavy atom. The van der Waals surface area contributed by atoms with E-state index in [0.717, 1.165) is 12.1 Å². The fourth-order valence-corrected chi connectivity index (χ4v) is 5.83. The predicted octanol–water partition coefficient (Wildman–Crippen LogP) is 6.82. The SMILES string of the molecule is CC(C)(C)Cn1cc([C@H](NS(=O)(=O)C2CC2)C(F)F)c2ccc(-c3c(F)cccc3C(F)F)cc21. The molecule has 190 valence electrons. The molecule has 1 atom stereocenters. The Kier molecular flexibility index (Phi) is 6.74. The Bertz CT molecular complexity index is 1340. The summed E-state index contributed by atoms with van der Waals surface area (Å²) in [5.41, 5.74) is -0.336. The van der Waals surface area contributed by atoms with Crippen LogP contribution in [0.15, 0.2) is 42.6 Å². The van der Waals surface area contributed by atoms with Crippen molar-refractivity contribution in [3.8, 4) is 11.1 Å². The standard InChI is InChI=1S/C25H27F5N2O2S/c1-25(2,3)13-32-12-18(22(24(29)30)31-35(33,34)15-8-9-15)16-10-7-14(11-20(16)32)21-17(23(27)28)5-4-6-19(21)26/h4-7,10-12,15,22-24,31H,8-9,13H2,1-3H3/t22-/m0/s1. The van der Waals surface area contributed by atoms with Crippen molar-refractivity contribution in [3.05, 3.63) is 59.5 Å². The van der Waals surface area contributed by atoms with Crippen molar-refractivity contribution < 1.29 is 30.4 Å². The molecule has 35 heavy (non-hydrogen) atoms. The van der Waals surface area contributed by atoms with E-state index in [1.165, 1.54) is 30.5 Å². The third-order valence-corrected chi connectivity index (χ3v) is 7.90. The van der Waals surface area contributed by atoms with Crippen LogP contribution < -0.4 is 4.72 Å². The molecule has 4 rings (SSSR count). The van der Waals surface area contributed by atoms with Crippen LogP contribution in [0, 0.1) is 11.2 Å². The second-order valence-corrected chi connectivity index (χ2v) is 12.2. The minimum Gasteiger partial charge on any atom is -0.347 e. The molecule has 0 spiro atoms. The summed E-state index contributed by atoms with van der Waals surface area (Å²) < 4.78 is 99.0. The molecular weight excluding hydrogens is 487 g/mol. The minimum atomic E-state index is -3.92. The van der Waals surface area contributed by atoms with E-state index in [2.05, 4.69) is 4.72 Å². The van der Waals surface area contributed by atoms with Gasteiger partial charge in [-0.3, -0.25) is 0 Å². The van der Waals surface area contributed by atoms with Crippen LogP contribution in [0.4, 0.5) is 22.0 Å². The van der Waals surface area contributed by atoms with Gasteiger partial charge in [-0.15, -0.1) is 0 Å². The van der Waals surface area contributed by atoms with Crippen molar-refractivity contribution in [2.75, 3.05) is 0 Å². The lowest BCUT2D eigenvalue weighted by Gasteiger charge is -2.20. The van der Waals surface area contributed by atoms with Gasteiger partial charge in [0, 0.05) is 40.3 Å². The molecule has 0 aliphatic heterocycles. The molecule has 0 unspecified atom stereocenters. The molecule has 1 aliphatic carbocycles. The number of fused-ring (bicyclic) bond motifs is 1. The van der Waals surface area contributed by atoms with E-state index in [1.54, 1.807) is 4.57 Å². The third-order valence-electron chi connectivity index (χ3n) is 5.97. The smallest absolute Gasteiger partial charge is 0.264 e. The van der Waals surface area contributed by atoms with E-state index < -0.39 is 45.5 Å². The monoisotopic (exact) mass is 514 g/mol. The zero-order chi connectivity index (χ0) is 25.7. The summed E-state index contributed by atoms with van der Waals surface area (Å²) in [5.74, 6) is -0.820. The van der Waals surface area contributed by atoms with Gasteiger partial charge in [-0.1, -0.05) is 45.0 Å². The van der Waals surface area contributed by atoms with Crippen molar-refractivity contribution in [1.82, 2.24) is 9.29 Å². The molecule has 0 saturated heterocycles. The summed E-state index contributed by atoms with van der Waals surface area (Å²) in [4.78, 5) is 0. The van der Waals surface area contributed by atoms with E-state index in [4.69, 9.17) is 0 Å². The van der Waals surface area contributed by atoms with Crippen molar-refractivity contribution >= 4 is 20.9 Å². The molecule has 1 heterocycles. The van der Waals surface area contributed by atoms with Crippen LogP contribution in [0.1, 0.15) is 57.2 Å². The number of hydrogen-bond donors (Lipinski definition) is 1. The van der Waals surface area contributed by atoms with E-state index in [0.29, 0.717) is 30.3 Å². The van der Waals surface area contributed by atoms with Crippen LogP contribution in [0.3, 0.4) is 0 Å². The number of hydrogen-bond acceptors (Lipinski definition) is 2. The highest BCUT2D eigenvalue weighted by molar-refractivity contribution is 7.90. The van der Waals surface area contributed by atoms with Crippen molar-refractivity contribution in [2.24, 2.45) is 5.41 Å². The summed E-state index contributed by atoms with van der Waals surface area (Å²) in [6, 6.07) is 6.01. The largest absolute Gasteiger partial charge is 0.347 e. The summed E-state index contributed by atoms with van der Waals surface area (Å²) in [5, 5.41) is -0.330. The lowest BCUT2D eigenvalue weighted by atomic mass is 9.96. The van der Waals surface area contributed by atoms with Crippen LogP contribution >= 0.6 is 0 Å². The number of sulfonamides is 1. The Hall–Kier alpha value is -2.46. The molecule has 1 N–H and O–H groups in total. The molecule has 0 radical (unpaired) electrons. The maximum atomic E-state index is 14.7. The fourth-order valence-electron chi connectivity index (χ4n) is 4.29. The number of halogens is 5. The van der Waals surface area contributed by atoms with Gasteiger partial charge in [-0.25, -0.2) is 35.1 Å². The minimum absolute atomic E-state index is 0.0811. The Balaban J connectivity index is 1.90. The van der Waals surface area contributed by atoms with Crippen LogP contribution in [0.2, 0.25) is 0 Å². The van der Waals surface area contributed by atoms with Crippen LogP contribution in [0.5, 0.6) is 0 Å². The van der Waals surface area contributed by atoms with Crippen molar-refractivity contribution in [1.29, 1.82) is 0 Å². The highest BCUT2D eigenvalue weighted by atomic mass is 32.2. The van der Waals surface area contributed by atoms with E-state index in [1.807, 2.05) is 20.8 Å². The van der Waals surface area contributed by atoms with E-state index in [9.17, 15) is 30.4 Å². The maximum absolute atomic E-state index is 14.7. The number of aromatic nitrogens is 1. The second-order valence-electron chi connectivity index (χ2n) is 10.2. The predicted molar refractivity (Wildman–Crippen MR) is 126 cm³/mol. The van der Waals surface area contributed by atoms with Gasteiger partial charge < -0.3 is 4.57 Å². The first-order valence-corrected chi connectivity index (χ1v) is 12.8. The first-order valence-electron chi connectivity index (χ1n) is 11.3. The summed E-state index contributed by atoms with van der Waals surface area (Å²) in [7, 11) is -3.92. The number of nitrogens with one attached hydrogen (secondary N) is 1. The number of rotatable bonds is 8. The molecule has 0 amide bonds. The molecule has 1 aliphatic rings. The van der Waals surface area contributed by atoms with Gasteiger partial charge in [-0.05, 0) is 36.0 Å². The number of benzene rings is 2. The molecule has 1 saturated carbocycles. The van der Waals surface area contributed by atoms with Crippen LogP contribution in [-0.4, -0.2) is 24.7 Å². The zero-order valence-electron chi connectivity index (χ0n) is 19.5. The molecule has 4 nitrogen and oxygen atoms in total. The van der Waals surface area contributed by atoms with Gasteiger partial charge in [0.15, 0.2) is 0 Å². The fraction of sp³-hybridized carbons (Fsp3) is 0.440. The first-order chi connectivity index (χ1) is 16.3. The average Bonchev–Trinajstić information content (AvgIpc) is 3.55. The summed E-state index contributed by atoms with van der Waals surface area (Å²) in [6.45, 7) is 6.19. The van der Waals surface area contributed by atoms with Gasteiger partial charge in [0.25, 0.3) is 12.9 Å². The van der Waals surface area contributed by atoms with Gasteiger partial charge in [0.2, 0.25) is 10.0 Å². The highest BCUT2D eigenvalue weighted by Gasteiger charge is 2.40. The molecule has 3 aromatic rings. The Morgan fingerprint density at radius 1 is 1.06 bits per heavy atom. The maximum Gasteiger partial charge on any atom is 0.264 e. The Labute approximate surface area is 201 Å². The normalized spacial score (nSPS) is 15.9. The zero-order valence-corrected chi connectivity index (χ0v) is 20.4. The molecule has 1 aromatic heterocycles. The molecule has 0 bridgehead atoms. The van der Waals surface area contributed by atoms with Gasteiger partial charge >= 0.3 is 0 Å².